The van der Waals surface area contributed by atoms with Gasteiger partial charge in [-0.3, -0.25) is 4.79 Å². The summed E-state index contributed by atoms with van der Waals surface area (Å²) in [5.41, 5.74) is 0. The van der Waals surface area contributed by atoms with E-state index in [1.54, 1.807) is 0 Å². The van der Waals surface area contributed by atoms with Crippen molar-refractivity contribution >= 4 is 15.7 Å². The van der Waals surface area contributed by atoms with Gasteiger partial charge in [-0.25, -0.2) is 8.42 Å². The van der Waals surface area contributed by atoms with Crippen molar-refractivity contribution in [1.29, 1.82) is 5.26 Å². The number of sulfone groups is 1. The van der Waals surface area contributed by atoms with Gasteiger partial charge in [0.15, 0.2) is 9.84 Å². The number of nitrogens with zero attached hydrogens (tertiary/aromatic N) is 2. The van der Waals surface area contributed by atoms with Crippen LogP contribution in [-0.2, 0) is 19.4 Å². The third kappa shape index (κ3) is 6.37. The maximum Gasteiger partial charge on any atom is 0.237 e. The Kier molecular flexibility index (Phi) is 6.69. The summed E-state index contributed by atoms with van der Waals surface area (Å²) >= 11 is 0. The zero-order valence-corrected chi connectivity index (χ0v) is 10.3. The van der Waals surface area contributed by atoms with Crippen LogP contribution in [0.4, 0.5) is 0 Å². The van der Waals surface area contributed by atoms with Gasteiger partial charge < -0.3 is 9.64 Å². The van der Waals surface area contributed by atoms with E-state index in [0.717, 1.165) is 0 Å². The Morgan fingerprint density at radius 2 is 2.12 bits per heavy atom. The van der Waals surface area contributed by atoms with Crippen LogP contribution in [0.1, 0.15) is 6.42 Å². The predicted molar refractivity (Wildman–Crippen MR) is 58.4 cm³/mol. The minimum atomic E-state index is -3.41. The van der Waals surface area contributed by atoms with Crippen LogP contribution in [0.2, 0.25) is 0 Å². The zero-order valence-electron chi connectivity index (χ0n) is 9.47. The fraction of sp³-hybridized carbons (Fsp3) is 0.778. The summed E-state index contributed by atoms with van der Waals surface area (Å²) in [6, 6.07) is 1.89. The number of carbonyl (C=O) groups is 1. The Balaban J connectivity index is 4.18. The molecule has 0 N–H and O–H groups in total. The molecule has 7 heteroatoms. The second-order valence-corrected chi connectivity index (χ2v) is 5.49. The second-order valence-electron chi connectivity index (χ2n) is 3.31. The highest BCUT2D eigenvalue weighted by Gasteiger charge is 2.19. The van der Waals surface area contributed by atoms with Crippen molar-refractivity contribution in [2.24, 2.45) is 0 Å². The Labute approximate surface area is 95.7 Å². The lowest BCUT2D eigenvalue weighted by Crippen LogP contribution is -2.34. The molecule has 0 aromatic carbocycles. The van der Waals surface area contributed by atoms with Crippen LogP contribution < -0.4 is 0 Å². The lowest BCUT2D eigenvalue weighted by atomic mass is 10.4. The van der Waals surface area contributed by atoms with E-state index in [2.05, 4.69) is 4.74 Å². The molecule has 0 rings (SSSR count). The second kappa shape index (κ2) is 7.19. The average Bonchev–Trinajstić information content (AvgIpc) is 2.22. The van der Waals surface area contributed by atoms with Crippen molar-refractivity contribution in [3.05, 3.63) is 0 Å². The number of ether oxygens (including phenoxy) is 1. The molecule has 0 aliphatic carbocycles. The van der Waals surface area contributed by atoms with E-state index in [4.69, 9.17) is 5.26 Å². The Bertz CT molecular complexity index is 358. The third-order valence-electron chi connectivity index (χ3n) is 1.93. The fourth-order valence-corrected chi connectivity index (χ4v) is 2.08. The molecule has 0 atom stereocenters. The van der Waals surface area contributed by atoms with Crippen molar-refractivity contribution in [3.63, 3.8) is 0 Å². The van der Waals surface area contributed by atoms with Gasteiger partial charge in [0.2, 0.25) is 5.91 Å². The van der Waals surface area contributed by atoms with E-state index in [1.807, 2.05) is 6.07 Å². The molecular formula is C9H16N2O4S. The van der Waals surface area contributed by atoms with E-state index in [0.29, 0.717) is 0 Å². The highest BCUT2D eigenvalue weighted by atomic mass is 32.2. The SMILES string of the molecule is COCCS(=O)(=O)CC(=O)N(C)CCC#N. The third-order valence-corrected chi connectivity index (χ3v) is 3.40. The molecule has 0 unspecified atom stereocenters. The van der Waals surface area contributed by atoms with Crippen molar-refractivity contribution < 1.29 is 17.9 Å². The van der Waals surface area contributed by atoms with Gasteiger partial charge in [0.05, 0.1) is 24.8 Å². The molecule has 6 nitrogen and oxygen atoms in total. The Morgan fingerprint density at radius 3 is 2.62 bits per heavy atom. The van der Waals surface area contributed by atoms with Crippen molar-refractivity contribution in [2.75, 3.05) is 38.8 Å². The highest BCUT2D eigenvalue weighted by Crippen LogP contribution is 1.96. The standard InChI is InChI=1S/C9H16N2O4S/c1-11(5-3-4-10)9(12)8-16(13,14)7-6-15-2/h3,5-8H2,1-2H3. The molecule has 1 amide bonds. The summed E-state index contributed by atoms with van der Waals surface area (Å²) in [5, 5.41) is 8.32. The number of nitriles is 1. The van der Waals surface area contributed by atoms with Crippen LogP contribution >= 0.6 is 0 Å². The van der Waals surface area contributed by atoms with Crippen LogP contribution in [0.25, 0.3) is 0 Å². The molecule has 0 aromatic heterocycles. The number of hydrogen-bond donors (Lipinski definition) is 0. The van der Waals surface area contributed by atoms with Gasteiger partial charge in [-0.15, -0.1) is 0 Å². The number of hydrogen-bond acceptors (Lipinski definition) is 5. The molecule has 0 fully saturated rings. The van der Waals surface area contributed by atoms with Crippen LogP contribution in [0.3, 0.4) is 0 Å². The molecule has 0 bridgehead atoms. The normalized spacial score (nSPS) is 10.8. The summed E-state index contributed by atoms with van der Waals surface area (Å²) in [7, 11) is -0.535. The summed E-state index contributed by atoms with van der Waals surface area (Å²) in [6.45, 7) is 0.326. The molecule has 0 radical (unpaired) electrons. The maximum atomic E-state index is 11.4. The zero-order chi connectivity index (χ0) is 12.6. The number of amides is 1. The number of methoxy groups -OCH3 is 1. The smallest absolute Gasteiger partial charge is 0.237 e. The van der Waals surface area contributed by atoms with Crippen molar-refractivity contribution in [3.8, 4) is 6.07 Å². The lowest BCUT2D eigenvalue weighted by Gasteiger charge is -2.15. The summed E-state index contributed by atoms with van der Waals surface area (Å²) in [5.74, 6) is -1.19. The van der Waals surface area contributed by atoms with E-state index in [-0.39, 0.29) is 25.3 Å². The maximum absolute atomic E-state index is 11.4. The predicted octanol–water partition coefficient (Wildman–Crippen LogP) is -0.580. The molecule has 0 saturated carbocycles. The summed E-state index contributed by atoms with van der Waals surface area (Å²) in [6.07, 6.45) is 0.195. The Hall–Kier alpha value is -1.13. The van der Waals surface area contributed by atoms with Crippen molar-refractivity contribution in [1.82, 2.24) is 4.90 Å². The monoisotopic (exact) mass is 248 g/mol. The van der Waals surface area contributed by atoms with Gasteiger partial charge in [0, 0.05) is 20.7 Å². The van der Waals surface area contributed by atoms with Gasteiger partial charge in [0.25, 0.3) is 0 Å². The molecular weight excluding hydrogens is 232 g/mol. The first kappa shape index (κ1) is 14.9. The molecule has 0 aliphatic rings. The van der Waals surface area contributed by atoms with E-state index in [9.17, 15) is 13.2 Å². The summed E-state index contributed by atoms with van der Waals surface area (Å²) in [4.78, 5) is 12.7. The van der Waals surface area contributed by atoms with Crippen molar-refractivity contribution in [2.45, 2.75) is 6.42 Å². The highest BCUT2D eigenvalue weighted by molar-refractivity contribution is 7.92. The van der Waals surface area contributed by atoms with Crippen LogP contribution in [-0.4, -0.2) is 58.0 Å². The topological polar surface area (TPSA) is 87.5 Å². The molecule has 92 valence electrons. The molecule has 0 aliphatic heterocycles. The molecule has 0 heterocycles. The molecule has 0 spiro atoms. The Morgan fingerprint density at radius 1 is 1.50 bits per heavy atom. The molecule has 16 heavy (non-hydrogen) atoms. The quantitative estimate of drug-likeness (QED) is 0.601. The summed E-state index contributed by atoms with van der Waals surface area (Å²) < 4.78 is 27.4. The minimum absolute atomic E-state index is 0.0809. The van der Waals surface area contributed by atoms with Crippen LogP contribution in [0.15, 0.2) is 0 Å². The average molecular weight is 248 g/mol. The van der Waals surface area contributed by atoms with Gasteiger partial charge >= 0.3 is 0 Å². The van der Waals surface area contributed by atoms with Crippen LogP contribution in [0, 0.1) is 11.3 Å². The van der Waals surface area contributed by atoms with Gasteiger partial charge in [-0.2, -0.15) is 5.26 Å². The lowest BCUT2D eigenvalue weighted by molar-refractivity contribution is -0.127. The van der Waals surface area contributed by atoms with E-state index in [1.165, 1.54) is 19.1 Å². The van der Waals surface area contributed by atoms with E-state index >= 15 is 0 Å². The fourth-order valence-electron chi connectivity index (χ4n) is 0.923. The van der Waals surface area contributed by atoms with Gasteiger partial charge in [-0.1, -0.05) is 0 Å². The van der Waals surface area contributed by atoms with Gasteiger partial charge in [0.1, 0.15) is 5.75 Å². The molecule has 0 saturated heterocycles. The minimum Gasteiger partial charge on any atom is -0.384 e. The molecule has 0 aromatic rings. The van der Waals surface area contributed by atoms with Gasteiger partial charge in [-0.05, 0) is 0 Å². The first-order valence-corrected chi connectivity index (χ1v) is 6.55. The number of rotatable bonds is 7. The first-order valence-electron chi connectivity index (χ1n) is 4.73. The van der Waals surface area contributed by atoms with E-state index < -0.39 is 21.5 Å². The number of carbonyl (C=O) groups excluding carboxylic acids is 1. The largest absolute Gasteiger partial charge is 0.384 e. The first-order chi connectivity index (χ1) is 7.43. The van der Waals surface area contributed by atoms with Crippen LogP contribution in [0.5, 0.6) is 0 Å².